The third-order valence-electron chi connectivity index (χ3n) is 4.55. The highest BCUT2D eigenvalue weighted by Gasteiger charge is 2.34. The molecule has 1 saturated heterocycles. The Bertz CT molecular complexity index is 289. The van der Waals surface area contributed by atoms with E-state index < -0.39 is 0 Å². The third-order valence-corrected chi connectivity index (χ3v) is 4.55. The van der Waals surface area contributed by atoms with E-state index in [9.17, 15) is 4.79 Å². The summed E-state index contributed by atoms with van der Waals surface area (Å²) >= 11 is 0. The highest BCUT2D eigenvalue weighted by molar-refractivity contribution is 5.86. The summed E-state index contributed by atoms with van der Waals surface area (Å²) < 4.78 is 0. The van der Waals surface area contributed by atoms with E-state index in [1.54, 1.807) is 0 Å². The quantitative estimate of drug-likeness (QED) is 0.582. The fraction of sp³-hybridized carbons (Fsp3) is 0.944. The number of hydrogen-bond donors (Lipinski definition) is 1. The molecule has 1 heterocycles. The average molecular weight is 296 g/mol. The van der Waals surface area contributed by atoms with Crippen LogP contribution >= 0.6 is 0 Å². The van der Waals surface area contributed by atoms with Crippen LogP contribution in [0.2, 0.25) is 0 Å². The van der Waals surface area contributed by atoms with Crippen molar-refractivity contribution in [2.24, 2.45) is 0 Å². The summed E-state index contributed by atoms with van der Waals surface area (Å²) in [5, 5.41) is 3.29. The number of amides is 1. The zero-order valence-corrected chi connectivity index (χ0v) is 14.5. The summed E-state index contributed by atoms with van der Waals surface area (Å²) in [6.45, 7) is 8.99. The van der Waals surface area contributed by atoms with Crippen LogP contribution in [0.4, 0.5) is 0 Å². The van der Waals surface area contributed by atoms with Gasteiger partial charge in [-0.2, -0.15) is 0 Å². The van der Waals surface area contributed by atoms with Crippen molar-refractivity contribution in [2.45, 2.75) is 90.5 Å². The molecule has 3 heteroatoms. The van der Waals surface area contributed by atoms with Gasteiger partial charge in [-0.05, 0) is 20.3 Å². The van der Waals surface area contributed by atoms with Crippen molar-refractivity contribution < 1.29 is 4.79 Å². The molecule has 1 rings (SSSR count). The van der Waals surface area contributed by atoms with Crippen LogP contribution in [-0.2, 0) is 4.79 Å². The highest BCUT2D eigenvalue weighted by Crippen LogP contribution is 2.14. The van der Waals surface area contributed by atoms with Gasteiger partial charge < -0.3 is 10.2 Å². The summed E-state index contributed by atoms with van der Waals surface area (Å²) in [7, 11) is 0. The van der Waals surface area contributed by atoms with Crippen LogP contribution < -0.4 is 5.32 Å². The number of unbranched alkanes of at least 4 members (excludes halogenated alkanes) is 9. The predicted molar refractivity (Wildman–Crippen MR) is 90.5 cm³/mol. The van der Waals surface area contributed by atoms with Crippen LogP contribution in [0.5, 0.6) is 0 Å². The maximum atomic E-state index is 12.2. The van der Waals surface area contributed by atoms with Gasteiger partial charge in [0.15, 0.2) is 0 Å². The minimum Gasteiger partial charge on any atom is -0.340 e. The van der Waals surface area contributed by atoms with Crippen molar-refractivity contribution in [3.05, 3.63) is 0 Å². The molecule has 1 amide bonds. The van der Waals surface area contributed by atoms with Crippen LogP contribution in [-0.4, -0.2) is 36.0 Å². The molecule has 1 N–H and O–H groups in total. The number of nitrogens with one attached hydrogen (secondary N) is 1. The molecule has 1 fully saturated rings. The second-order valence-corrected chi connectivity index (χ2v) is 7.03. The molecule has 124 valence electrons. The molecule has 0 unspecified atom stereocenters. The zero-order chi connectivity index (χ0) is 15.6. The van der Waals surface area contributed by atoms with Crippen LogP contribution in [0.25, 0.3) is 0 Å². The zero-order valence-electron chi connectivity index (χ0n) is 14.5. The van der Waals surface area contributed by atoms with Crippen LogP contribution in [0.3, 0.4) is 0 Å². The number of nitrogens with zero attached hydrogens (tertiary/aromatic N) is 1. The molecule has 21 heavy (non-hydrogen) atoms. The fourth-order valence-electron chi connectivity index (χ4n) is 3.08. The molecule has 0 bridgehead atoms. The Morgan fingerprint density at radius 3 is 2.05 bits per heavy atom. The van der Waals surface area contributed by atoms with Crippen molar-refractivity contribution in [1.29, 1.82) is 0 Å². The number of piperazine rings is 1. The van der Waals surface area contributed by atoms with Gasteiger partial charge >= 0.3 is 0 Å². The Balaban J connectivity index is 1.96. The average Bonchev–Trinajstić information content (AvgIpc) is 2.45. The number of rotatable bonds is 11. The lowest BCUT2D eigenvalue weighted by Crippen LogP contribution is -2.61. The van der Waals surface area contributed by atoms with Crippen molar-refractivity contribution in [3.8, 4) is 0 Å². The van der Waals surface area contributed by atoms with E-state index in [0.29, 0.717) is 0 Å². The lowest BCUT2D eigenvalue weighted by atomic mass is 10.0. The maximum Gasteiger partial charge on any atom is 0.242 e. The van der Waals surface area contributed by atoms with Gasteiger partial charge in [0, 0.05) is 19.6 Å². The van der Waals surface area contributed by atoms with Crippen LogP contribution in [0.15, 0.2) is 0 Å². The SMILES string of the molecule is CCCCCCCCCCCCN1CCNC(C)(C)C1=O. The number of hydrogen-bond acceptors (Lipinski definition) is 2. The topological polar surface area (TPSA) is 32.3 Å². The first-order valence-electron chi connectivity index (χ1n) is 9.12. The van der Waals surface area contributed by atoms with Gasteiger partial charge in [-0.1, -0.05) is 64.7 Å². The Morgan fingerprint density at radius 1 is 0.952 bits per heavy atom. The molecule has 0 spiro atoms. The van der Waals surface area contributed by atoms with Gasteiger partial charge in [-0.15, -0.1) is 0 Å². The molecule has 0 atom stereocenters. The fourth-order valence-corrected chi connectivity index (χ4v) is 3.08. The van der Waals surface area contributed by atoms with Gasteiger partial charge in [0.2, 0.25) is 5.91 Å². The minimum absolute atomic E-state index is 0.268. The predicted octanol–water partition coefficient (Wildman–Crippen LogP) is 4.12. The Morgan fingerprint density at radius 2 is 1.48 bits per heavy atom. The first-order valence-corrected chi connectivity index (χ1v) is 9.12. The normalized spacial score (nSPS) is 18.2. The first kappa shape index (κ1) is 18.5. The van der Waals surface area contributed by atoms with Crippen molar-refractivity contribution in [1.82, 2.24) is 10.2 Å². The lowest BCUT2D eigenvalue weighted by Gasteiger charge is -2.38. The van der Waals surface area contributed by atoms with Gasteiger partial charge in [0.25, 0.3) is 0 Å². The molecule has 0 radical (unpaired) electrons. The summed E-state index contributed by atoms with van der Waals surface area (Å²) in [5.41, 5.74) is -0.364. The first-order chi connectivity index (χ1) is 10.1. The van der Waals surface area contributed by atoms with Crippen molar-refractivity contribution >= 4 is 5.91 Å². The molecule has 0 aromatic heterocycles. The molecule has 1 aliphatic heterocycles. The van der Waals surface area contributed by atoms with E-state index in [2.05, 4.69) is 12.2 Å². The summed E-state index contributed by atoms with van der Waals surface area (Å²) in [5.74, 6) is 0.268. The lowest BCUT2D eigenvalue weighted by molar-refractivity contribution is -0.139. The molecule has 0 aromatic carbocycles. The maximum absolute atomic E-state index is 12.2. The van der Waals surface area contributed by atoms with Gasteiger partial charge in [0.1, 0.15) is 0 Å². The molecule has 3 nitrogen and oxygen atoms in total. The van der Waals surface area contributed by atoms with Gasteiger partial charge in [-0.3, -0.25) is 4.79 Å². The monoisotopic (exact) mass is 296 g/mol. The van der Waals surface area contributed by atoms with E-state index in [1.807, 2.05) is 18.7 Å². The van der Waals surface area contributed by atoms with Crippen molar-refractivity contribution in [2.75, 3.05) is 19.6 Å². The summed E-state index contributed by atoms with van der Waals surface area (Å²) in [4.78, 5) is 14.2. The number of carbonyl (C=O) groups excluding carboxylic acids is 1. The van der Waals surface area contributed by atoms with Gasteiger partial charge in [-0.25, -0.2) is 0 Å². The third kappa shape index (κ3) is 7.30. The van der Waals surface area contributed by atoms with E-state index in [4.69, 9.17) is 0 Å². The summed E-state index contributed by atoms with van der Waals surface area (Å²) in [6, 6.07) is 0. The number of carbonyl (C=O) groups is 1. The Hall–Kier alpha value is -0.570. The van der Waals surface area contributed by atoms with Crippen LogP contribution in [0.1, 0.15) is 85.0 Å². The van der Waals surface area contributed by atoms with Gasteiger partial charge in [0.05, 0.1) is 5.54 Å². The Labute approximate surface area is 131 Å². The van der Waals surface area contributed by atoms with Crippen molar-refractivity contribution in [3.63, 3.8) is 0 Å². The molecule has 1 aliphatic rings. The molecular formula is C18H36N2O. The smallest absolute Gasteiger partial charge is 0.242 e. The summed E-state index contributed by atoms with van der Waals surface area (Å²) in [6.07, 6.45) is 13.5. The van der Waals surface area contributed by atoms with Crippen LogP contribution in [0, 0.1) is 0 Å². The standard InChI is InChI=1S/C18H36N2O/c1-4-5-6-7-8-9-10-11-12-13-15-20-16-14-19-18(2,3)17(20)21/h19H,4-16H2,1-3H3. The Kier molecular flexibility index (Phi) is 8.98. The molecule has 0 saturated carbocycles. The largest absolute Gasteiger partial charge is 0.340 e. The molecular weight excluding hydrogens is 260 g/mol. The van der Waals surface area contributed by atoms with E-state index in [-0.39, 0.29) is 11.4 Å². The van der Waals surface area contributed by atoms with E-state index >= 15 is 0 Å². The second kappa shape index (κ2) is 10.2. The van der Waals surface area contributed by atoms with E-state index in [0.717, 1.165) is 26.1 Å². The molecule has 0 aliphatic carbocycles. The second-order valence-electron chi connectivity index (χ2n) is 7.03. The van der Waals surface area contributed by atoms with E-state index in [1.165, 1.54) is 57.8 Å². The highest BCUT2D eigenvalue weighted by atomic mass is 16.2. The molecule has 0 aromatic rings. The minimum atomic E-state index is -0.364.